The van der Waals surface area contributed by atoms with E-state index in [0.717, 1.165) is 13.0 Å². The molecule has 0 unspecified atom stereocenters. The van der Waals surface area contributed by atoms with Gasteiger partial charge in [-0.1, -0.05) is 31.2 Å². The van der Waals surface area contributed by atoms with Gasteiger partial charge in [0.05, 0.1) is 0 Å². The fraction of sp³-hybridized carbons (Fsp3) is 0.227. The fourth-order valence-corrected chi connectivity index (χ4v) is 3.18. The third-order valence-corrected chi connectivity index (χ3v) is 4.29. The molecule has 1 heterocycles. The number of rotatable bonds is 4. The second-order valence-electron chi connectivity index (χ2n) is 6.49. The van der Waals surface area contributed by atoms with Gasteiger partial charge in [-0.15, -0.1) is 0 Å². The smallest absolute Gasteiger partial charge is 0.187 e. The number of carbonyl (C=O) groups is 1. The fourth-order valence-electron chi connectivity index (χ4n) is 3.18. The van der Waals surface area contributed by atoms with Gasteiger partial charge in [0.2, 0.25) is 0 Å². The highest BCUT2D eigenvalue weighted by Crippen LogP contribution is 2.22. The van der Waals surface area contributed by atoms with Crippen LogP contribution in [0.1, 0.15) is 24.5 Å². The van der Waals surface area contributed by atoms with Crippen LogP contribution >= 0.6 is 0 Å². The molecule has 0 saturated carbocycles. The molecule has 1 fully saturated rings. The zero-order valence-electron chi connectivity index (χ0n) is 14.7. The molecule has 2 aromatic rings. The number of hydrogen-bond donors (Lipinski definition) is 0. The molecule has 4 heteroatoms. The lowest BCUT2D eigenvalue weighted by Gasteiger charge is -2.29. The average Bonchev–Trinajstić information content (AvgIpc) is 2.59. The van der Waals surface area contributed by atoms with E-state index < -0.39 is 0 Å². The van der Waals surface area contributed by atoms with Crippen LogP contribution in [0.4, 0.5) is 8.78 Å². The number of piperidine rings is 1. The Labute approximate surface area is 152 Å². The first kappa shape index (κ1) is 18.2. The molecule has 0 atom stereocenters. The Bertz CT molecular complexity index is 802. The van der Waals surface area contributed by atoms with Crippen molar-refractivity contribution in [1.82, 2.24) is 4.90 Å². The van der Waals surface area contributed by atoms with Gasteiger partial charge in [-0.2, -0.15) is 0 Å². The number of hydrogen-bond acceptors (Lipinski definition) is 2. The molecule has 3 rings (SSSR count). The summed E-state index contributed by atoms with van der Waals surface area (Å²) < 4.78 is 26.9. The van der Waals surface area contributed by atoms with Gasteiger partial charge in [0.1, 0.15) is 11.6 Å². The Morgan fingerprint density at radius 2 is 1.42 bits per heavy atom. The SMILES string of the molecule is CCCN1C/C(=C/c2cccc(F)c2)C(=O)/C(=C/c2cccc(F)c2)C1. The molecule has 0 aromatic heterocycles. The number of benzene rings is 2. The molecule has 26 heavy (non-hydrogen) atoms. The van der Waals surface area contributed by atoms with Crippen molar-refractivity contribution in [3.05, 3.63) is 82.4 Å². The van der Waals surface area contributed by atoms with Crippen LogP contribution in [-0.4, -0.2) is 30.3 Å². The molecule has 2 nitrogen and oxygen atoms in total. The average molecular weight is 353 g/mol. The Hall–Kier alpha value is -2.59. The molecular formula is C22H21F2NO. The van der Waals surface area contributed by atoms with Crippen molar-refractivity contribution < 1.29 is 13.6 Å². The van der Waals surface area contributed by atoms with Crippen LogP contribution in [-0.2, 0) is 4.79 Å². The van der Waals surface area contributed by atoms with E-state index in [-0.39, 0.29) is 17.4 Å². The van der Waals surface area contributed by atoms with Gasteiger partial charge in [-0.05, 0) is 60.5 Å². The molecule has 0 bridgehead atoms. The van der Waals surface area contributed by atoms with Crippen LogP contribution in [0, 0.1) is 11.6 Å². The van der Waals surface area contributed by atoms with Crippen molar-refractivity contribution in [3.63, 3.8) is 0 Å². The van der Waals surface area contributed by atoms with E-state index in [0.29, 0.717) is 35.4 Å². The lowest BCUT2D eigenvalue weighted by atomic mass is 9.94. The van der Waals surface area contributed by atoms with E-state index in [1.807, 2.05) is 0 Å². The molecule has 1 aliphatic rings. The van der Waals surface area contributed by atoms with E-state index >= 15 is 0 Å². The summed E-state index contributed by atoms with van der Waals surface area (Å²) in [6.07, 6.45) is 4.45. The largest absolute Gasteiger partial charge is 0.295 e. The van der Waals surface area contributed by atoms with Gasteiger partial charge in [-0.3, -0.25) is 9.69 Å². The lowest BCUT2D eigenvalue weighted by Crippen LogP contribution is -2.38. The maximum absolute atomic E-state index is 13.4. The van der Waals surface area contributed by atoms with Crippen molar-refractivity contribution in [2.75, 3.05) is 19.6 Å². The zero-order chi connectivity index (χ0) is 18.5. The molecular weight excluding hydrogens is 332 g/mol. The van der Waals surface area contributed by atoms with E-state index in [9.17, 15) is 13.6 Å². The minimum Gasteiger partial charge on any atom is -0.295 e. The molecule has 134 valence electrons. The molecule has 0 aliphatic carbocycles. The highest BCUT2D eigenvalue weighted by Gasteiger charge is 2.25. The van der Waals surface area contributed by atoms with Gasteiger partial charge >= 0.3 is 0 Å². The third-order valence-electron chi connectivity index (χ3n) is 4.29. The van der Waals surface area contributed by atoms with Crippen LogP contribution in [0.2, 0.25) is 0 Å². The number of nitrogens with zero attached hydrogens (tertiary/aromatic N) is 1. The minimum absolute atomic E-state index is 0.0640. The van der Waals surface area contributed by atoms with Crippen LogP contribution in [0.25, 0.3) is 12.2 Å². The predicted octanol–water partition coefficient (Wildman–Crippen LogP) is 4.73. The van der Waals surface area contributed by atoms with Gasteiger partial charge in [-0.25, -0.2) is 8.78 Å². The maximum atomic E-state index is 13.4. The second-order valence-corrected chi connectivity index (χ2v) is 6.49. The van der Waals surface area contributed by atoms with E-state index in [1.54, 1.807) is 36.4 Å². The first-order valence-corrected chi connectivity index (χ1v) is 8.74. The van der Waals surface area contributed by atoms with Gasteiger partial charge in [0.25, 0.3) is 0 Å². The van der Waals surface area contributed by atoms with Crippen LogP contribution in [0.15, 0.2) is 59.7 Å². The highest BCUT2D eigenvalue weighted by atomic mass is 19.1. The molecule has 2 aromatic carbocycles. The van der Waals surface area contributed by atoms with Crippen molar-refractivity contribution in [3.8, 4) is 0 Å². The topological polar surface area (TPSA) is 20.3 Å². The summed E-state index contributed by atoms with van der Waals surface area (Å²) in [5.74, 6) is -0.724. The number of likely N-dealkylation sites (tertiary alicyclic amines) is 1. The Kier molecular flexibility index (Phi) is 5.74. The van der Waals surface area contributed by atoms with Crippen molar-refractivity contribution >= 4 is 17.9 Å². The first-order chi connectivity index (χ1) is 12.5. The lowest BCUT2D eigenvalue weighted by molar-refractivity contribution is -0.113. The summed E-state index contributed by atoms with van der Waals surface area (Å²) in [7, 11) is 0. The summed E-state index contributed by atoms with van der Waals surface area (Å²) in [5, 5.41) is 0. The Morgan fingerprint density at radius 3 is 1.85 bits per heavy atom. The second kappa shape index (κ2) is 8.19. The number of halogens is 2. The van der Waals surface area contributed by atoms with Crippen molar-refractivity contribution in [1.29, 1.82) is 0 Å². The molecule has 1 aliphatic heterocycles. The number of Topliss-reactive ketones (excluding diaryl/α,β-unsaturated/α-hetero) is 1. The van der Waals surface area contributed by atoms with Gasteiger partial charge in [0, 0.05) is 24.2 Å². The van der Waals surface area contributed by atoms with Crippen molar-refractivity contribution in [2.45, 2.75) is 13.3 Å². The monoisotopic (exact) mass is 353 g/mol. The zero-order valence-corrected chi connectivity index (χ0v) is 14.7. The summed E-state index contributed by atoms with van der Waals surface area (Å²) in [6.45, 7) is 4.00. The van der Waals surface area contributed by atoms with E-state index in [4.69, 9.17) is 0 Å². The molecule has 0 spiro atoms. The molecule has 1 saturated heterocycles. The van der Waals surface area contributed by atoms with Gasteiger partial charge < -0.3 is 0 Å². The molecule has 0 amide bonds. The van der Waals surface area contributed by atoms with Gasteiger partial charge in [0.15, 0.2) is 5.78 Å². The van der Waals surface area contributed by atoms with Crippen LogP contribution in [0.5, 0.6) is 0 Å². The third kappa shape index (κ3) is 4.52. The first-order valence-electron chi connectivity index (χ1n) is 8.74. The standard InChI is InChI=1S/C22H21F2NO/c1-2-9-25-14-18(10-16-5-3-7-20(23)12-16)22(26)19(15-25)11-17-6-4-8-21(24)13-17/h3-8,10-13H,2,9,14-15H2,1H3/b18-10-,19-11+. The predicted molar refractivity (Wildman–Crippen MR) is 100 cm³/mol. The number of carbonyl (C=O) groups excluding carboxylic acids is 1. The molecule has 0 radical (unpaired) electrons. The highest BCUT2D eigenvalue weighted by molar-refractivity contribution is 6.14. The quantitative estimate of drug-likeness (QED) is 0.741. The summed E-state index contributed by atoms with van der Waals surface area (Å²) >= 11 is 0. The summed E-state index contributed by atoms with van der Waals surface area (Å²) in [6, 6.07) is 12.4. The minimum atomic E-state index is -0.330. The Balaban J connectivity index is 1.96. The normalized spacial score (nSPS) is 18.7. The summed E-state index contributed by atoms with van der Waals surface area (Å²) in [5.41, 5.74) is 2.57. The van der Waals surface area contributed by atoms with E-state index in [1.165, 1.54) is 24.3 Å². The van der Waals surface area contributed by atoms with E-state index in [2.05, 4.69) is 11.8 Å². The van der Waals surface area contributed by atoms with Crippen molar-refractivity contribution in [2.24, 2.45) is 0 Å². The Morgan fingerprint density at radius 1 is 0.923 bits per heavy atom. The van der Waals surface area contributed by atoms with Crippen LogP contribution < -0.4 is 0 Å². The summed E-state index contributed by atoms with van der Waals surface area (Å²) in [4.78, 5) is 15.1. The number of ketones is 1. The molecule has 0 N–H and O–H groups in total. The van der Waals surface area contributed by atoms with Crippen LogP contribution in [0.3, 0.4) is 0 Å². The maximum Gasteiger partial charge on any atom is 0.187 e.